The van der Waals surface area contributed by atoms with Crippen molar-refractivity contribution in [1.29, 1.82) is 0 Å². The van der Waals surface area contributed by atoms with E-state index in [1.165, 1.54) is 6.92 Å². The third-order valence-electron chi connectivity index (χ3n) is 17.7. The second kappa shape index (κ2) is 12.0. The van der Waals surface area contributed by atoms with Gasteiger partial charge in [0.1, 0.15) is 22.7 Å². The highest BCUT2D eigenvalue weighted by Crippen LogP contribution is 2.84. The van der Waals surface area contributed by atoms with Gasteiger partial charge in [0.15, 0.2) is 17.3 Å². The molecule has 3 saturated carbocycles. The summed E-state index contributed by atoms with van der Waals surface area (Å²) in [6.07, 6.45) is 9.00. The molecule has 0 amide bonds. The van der Waals surface area contributed by atoms with Crippen molar-refractivity contribution in [2.75, 3.05) is 6.54 Å². The predicted octanol–water partition coefficient (Wildman–Crippen LogP) is 5.49. The van der Waals surface area contributed by atoms with Crippen LogP contribution in [0, 0.1) is 57.2 Å². The van der Waals surface area contributed by atoms with Gasteiger partial charge in [-0.3, -0.25) is 14.6 Å². The Hall–Kier alpha value is -4.58. The lowest BCUT2D eigenvalue weighted by Crippen LogP contribution is -2.71. The summed E-state index contributed by atoms with van der Waals surface area (Å²) in [6.45, 7) is 13.0. The monoisotopic (exact) mass is 803 g/mol. The Morgan fingerprint density at radius 1 is 1.02 bits per heavy atom. The lowest BCUT2D eigenvalue weighted by Gasteiger charge is -2.69. The first kappa shape index (κ1) is 39.9. The van der Waals surface area contributed by atoms with Crippen LogP contribution >= 0.6 is 0 Å². The number of guanidine groups is 1. The number of aliphatic carboxylic acids is 1. The van der Waals surface area contributed by atoms with Gasteiger partial charge in [0, 0.05) is 59.0 Å². The molecule has 59 heavy (non-hydrogen) atoms. The molecule has 312 valence electrons. The number of nitrogens with zero attached hydrogens (tertiary/aromatic N) is 1. The van der Waals surface area contributed by atoms with Crippen LogP contribution in [0.2, 0.25) is 0 Å². The third kappa shape index (κ3) is 4.44. The predicted molar refractivity (Wildman–Crippen MR) is 222 cm³/mol. The summed E-state index contributed by atoms with van der Waals surface area (Å²) in [5.74, 6) is -6.45. The lowest BCUT2D eigenvalue weighted by atomic mass is 9.35. The van der Waals surface area contributed by atoms with E-state index in [1.54, 1.807) is 0 Å². The van der Waals surface area contributed by atoms with E-state index in [9.17, 15) is 35.1 Å². The standard InChI is InChI=1S/C48H57N3O8/c1-23-30(22-51-41(49)50)47(58,39(54)24(2)40(55)56)28-16-14-26-19-27-20-46(57)29(15-13-25-11-9-8-10-12-25)37-42(3,4)32(53)17-18-43(37,5)35-31(52)21-44(6)34(23)36(33(26)28)48(27,59)45(44,7)38(35)46/h8-13,15-16,20,23,29-30,34,36-37,54,57-59H,14,17-19,21-22H2,1-7H3,(H,55,56)(H4,49,50,51). The lowest BCUT2D eigenvalue weighted by molar-refractivity contribution is -0.165. The van der Waals surface area contributed by atoms with Gasteiger partial charge in [-0.05, 0) is 83.3 Å². The maximum atomic E-state index is 15.5. The minimum Gasteiger partial charge on any atom is -0.508 e. The molecule has 8 aliphatic rings. The summed E-state index contributed by atoms with van der Waals surface area (Å²) in [5.41, 5.74) is 6.11. The Bertz CT molecular complexity index is 2380. The van der Waals surface area contributed by atoms with Crippen molar-refractivity contribution in [3.63, 3.8) is 0 Å². The number of aliphatic hydroxyl groups excluding tert-OH is 1. The van der Waals surface area contributed by atoms with Crippen LogP contribution in [0.4, 0.5) is 0 Å². The zero-order valence-corrected chi connectivity index (χ0v) is 35.0. The van der Waals surface area contributed by atoms with Gasteiger partial charge in [-0.2, -0.15) is 0 Å². The van der Waals surface area contributed by atoms with Crippen LogP contribution in [0.25, 0.3) is 6.08 Å². The van der Waals surface area contributed by atoms with Gasteiger partial charge >= 0.3 is 5.97 Å². The largest absolute Gasteiger partial charge is 0.508 e. The van der Waals surface area contributed by atoms with E-state index in [1.807, 2.05) is 89.3 Å². The number of carbonyl (C=O) groups excluding carboxylic acids is 2. The molecule has 8 aliphatic carbocycles. The Labute approximate surface area is 345 Å². The van der Waals surface area contributed by atoms with E-state index in [-0.39, 0.29) is 43.3 Å². The molecule has 1 aromatic rings. The number of nitrogens with two attached hydrogens (primary N) is 2. The maximum absolute atomic E-state index is 15.5. The fourth-order valence-electron chi connectivity index (χ4n) is 15.2. The van der Waals surface area contributed by atoms with Gasteiger partial charge in [-0.15, -0.1) is 0 Å². The highest BCUT2D eigenvalue weighted by Gasteiger charge is 2.84. The number of aliphatic imine (C=N–C) groups is 1. The summed E-state index contributed by atoms with van der Waals surface area (Å²) in [5, 5.41) is 63.5. The van der Waals surface area contributed by atoms with E-state index in [4.69, 9.17) is 11.5 Å². The molecule has 12 unspecified atom stereocenters. The number of carboxylic acids is 1. The number of carbonyl (C=O) groups is 3. The number of Topliss-reactive ketones (excluding diaryl/α,β-unsaturated/α-hetero) is 2. The van der Waals surface area contributed by atoms with E-state index in [0.717, 1.165) is 11.1 Å². The van der Waals surface area contributed by atoms with Crippen LogP contribution in [0.3, 0.4) is 0 Å². The second-order valence-electron chi connectivity index (χ2n) is 20.3. The molecule has 0 aliphatic heterocycles. The van der Waals surface area contributed by atoms with E-state index in [0.29, 0.717) is 40.7 Å². The maximum Gasteiger partial charge on any atom is 0.334 e. The highest BCUT2D eigenvalue weighted by molar-refractivity contribution is 6.02. The van der Waals surface area contributed by atoms with E-state index >= 15 is 4.79 Å². The molecule has 0 aromatic heterocycles. The van der Waals surface area contributed by atoms with E-state index in [2.05, 4.69) is 11.9 Å². The van der Waals surface area contributed by atoms with Crippen molar-refractivity contribution in [3.05, 3.63) is 98.9 Å². The van der Waals surface area contributed by atoms with Crippen molar-refractivity contribution in [2.24, 2.45) is 73.6 Å². The molecule has 12 atom stereocenters. The first-order chi connectivity index (χ1) is 27.5. The summed E-state index contributed by atoms with van der Waals surface area (Å²) in [4.78, 5) is 46.4. The highest BCUT2D eigenvalue weighted by atomic mass is 16.4. The Morgan fingerprint density at radius 2 is 1.69 bits per heavy atom. The van der Waals surface area contributed by atoms with E-state index < -0.39 is 91.3 Å². The van der Waals surface area contributed by atoms with Crippen molar-refractivity contribution in [1.82, 2.24) is 0 Å². The minimum absolute atomic E-state index is 0.0196. The summed E-state index contributed by atoms with van der Waals surface area (Å²) in [6, 6.07) is 9.81. The zero-order chi connectivity index (χ0) is 42.8. The number of carboxylic acid groups (broad SMARTS) is 1. The van der Waals surface area contributed by atoms with Crippen molar-refractivity contribution >= 4 is 29.6 Å². The smallest absolute Gasteiger partial charge is 0.334 e. The van der Waals surface area contributed by atoms with Gasteiger partial charge in [-0.1, -0.05) is 95.7 Å². The molecule has 0 spiro atoms. The number of hydrogen-bond acceptors (Lipinski definition) is 8. The Balaban J connectivity index is 1.38. The van der Waals surface area contributed by atoms with Crippen molar-refractivity contribution in [3.8, 4) is 0 Å². The summed E-state index contributed by atoms with van der Waals surface area (Å²) < 4.78 is 0. The molecule has 11 nitrogen and oxygen atoms in total. The number of hydrogen-bond donors (Lipinski definition) is 7. The molecule has 0 saturated heterocycles. The molecule has 9 rings (SSSR count). The van der Waals surface area contributed by atoms with Crippen molar-refractivity contribution < 1.29 is 39.9 Å². The number of benzene rings is 1. The van der Waals surface area contributed by atoms with Crippen molar-refractivity contribution in [2.45, 2.75) is 97.4 Å². The van der Waals surface area contributed by atoms with Crippen LogP contribution < -0.4 is 11.5 Å². The average molecular weight is 804 g/mol. The van der Waals surface area contributed by atoms with Crippen LogP contribution in [0.5, 0.6) is 0 Å². The first-order valence-corrected chi connectivity index (χ1v) is 21.1. The average Bonchev–Trinajstić information content (AvgIpc) is 3.63. The van der Waals surface area contributed by atoms with Gasteiger partial charge in [0.25, 0.3) is 0 Å². The fraction of sp³-hybridized carbons (Fsp3) is 0.542. The topological polar surface area (TPSA) is 217 Å². The molecule has 0 bridgehead atoms. The van der Waals surface area contributed by atoms with Gasteiger partial charge in [-0.25, -0.2) is 4.79 Å². The Kier molecular flexibility index (Phi) is 8.13. The number of allylic oxidation sites excluding steroid dienone is 3. The molecule has 11 heteroatoms. The number of ketones is 2. The van der Waals surface area contributed by atoms with Crippen LogP contribution in [0.1, 0.15) is 86.1 Å². The quantitative estimate of drug-likeness (QED) is 0.0631. The third-order valence-corrected chi connectivity index (χ3v) is 17.7. The number of aliphatic hydroxyl groups is 4. The minimum atomic E-state index is -2.26. The van der Waals surface area contributed by atoms with Gasteiger partial charge in [0.05, 0.1) is 5.57 Å². The zero-order valence-electron chi connectivity index (χ0n) is 35.0. The molecule has 1 aromatic carbocycles. The Morgan fingerprint density at radius 3 is 2.34 bits per heavy atom. The second-order valence-corrected chi connectivity index (χ2v) is 20.3. The molecular weight excluding hydrogens is 747 g/mol. The molecule has 0 heterocycles. The normalized spacial score (nSPS) is 44.0. The van der Waals surface area contributed by atoms with Crippen LogP contribution in [-0.2, 0) is 14.4 Å². The fourth-order valence-corrected chi connectivity index (χ4v) is 15.2. The number of fused-ring (bicyclic) bond motifs is 3. The molecule has 9 N–H and O–H groups in total. The number of rotatable bonds is 6. The molecular formula is C48H57N3O8. The molecule has 0 radical (unpaired) electrons. The van der Waals surface area contributed by atoms with Gasteiger partial charge < -0.3 is 37.0 Å². The summed E-state index contributed by atoms with van der Waals surface area (Å²) in [7, 11) is 0. The van der Waals surface area contributed by atoms with Gasteiger partial charge in [0.2, 0.25) is 0 Å². The van der Waals surface area contributed by atoms with Crippen LogP contribution in [-0.4, -0.2) is 72.4 Å². The first-order valence-electron chi connectivity index (χ1n) is 21.1. The van der Waals surface area contributed by atoms with Crippen LogP contribution in [0.15, 0.2) is 98.3 Å². The molecule has 3 fully saturated rings. The SMILES string of the molecule is CC(C(=O)O)=C(O)C1(O)C2=CCC3=C2C2C(C(C)C1CN=C(N)N)C1(C)CC(=O)C4=C5C(O)(C=C(C3)C2(O)C51C)C(C=Cc1ccccc1)C1C(C)(C)C(=O)CCC41C. The summed E-state index contributed by atoms with van der Waals surface area (Å²) >= 11 is 0.